The van der Waals surface area contributed by atoms with Crippen LogP contribution in [-0.2, 0) is 4.79 Å². The number of hydrogen-bond donors (Lipinski definition) is 0. The number of ketones is 1. The van der Waals surface area contributed by atoms with Crippen molar-refractivity contribution < 1.29 is 4.79 Å². The largest absolute Gasteiger partial charge is 0.328 e. The minimum Gasteiger partial charge on any atom is -0.328 e. The Kier molecular flexibility index (Phi) is 4.60. The fourth-order valence-electron chi connectivity index (χ4n) is 2.66. The summed E-state index contributed by atoms with van der Waals surface area (Å²) in [6.45, 7) is 1.92. The summed E-state index contributed by atoms with van der Waals surface area (Å²) < 4.78 is 0.847. The maximum Gasteiger partial charge on any atom is 0.187 e. The third-order valence-corrected chi connectivity index (χ3v) is 5.92. The van der Waals surface area contributed by atoms with Crippen molar-refractivity contribution in [3.05, 3.63) is 46.7 Å². The van der Waals surface area contributed by atoms with Gasteiger partial charge in [-0.1, -0.05) is 23.9 Å². The molecule has 0 aliphatic carbocycles. The Morgan fingerprint density at radius 3 is 2.42 bits per heavy atom. The molecular formula is C17H16N4OS2. The van der Waals surface area contributed by atoms with Crippen LogP contribution in [0.15, 0.2) is 45.4 Å². The quantitative estimate of drug-likeness (QED) is 0.475. The molecule has 0 fully saturated rings. The zero-order valence-electron chi connectivity index (χ0n) is 13.6. The van der Waals surface area contributed by atoms with Gasteiger partial charge in [0.1, 0.15) is 17.5 Å². The lowest BCUT2D eigenvalue weighted by molar-refractivity contribution is -0.112. The van der Waals surface area contributed by atoms with E-state index in [0.717, 1.165) is 21.4 Å². The Labute approximate surface area is 149 Å². The molecule has 7 heteroatoms. The Balaban J connectivity index is 1.86. The van der Waals surface area contributed by atoms with Crippen molar-refractivity contribution in [2.24, 2.45) is 0 Å². The summed E-state index contributed by atoms with van der Waals surface area (Å²) in [4.78, 5) is 20.7. The molecule has 24 heavy (non-hydrogen) atoms. The molecule has 0 amide bonds. The van der Waals surface area contributed by atoms with Crippen LogP contribution in [0.3, 0.4) is 0 Å². The number of rotatable bonds is 4. The molecule has 0 saturated heterocycles. The first kappa shape index (κ1) is 16.6. The molecule has 2 aromatic rings. The predicted octanol–water partition coefficient (Wildman–Crippen LogP) is 3.43. The van der Waals surface area contributed by atoms with E-state index < -0.39 is 0 Å². The number of nitrogens with zero attached hydrogens (tertiary/aromatic N) is 4. The highest BCUT2D eigenvalue weighted by molar-refractivity contribution is 8.01. The molecule has 1 aromatic carbocycles. The second kappa shape index (κ2) is 6.67. The van der Waals surface area contributed by atoms with Gasteiger partial charge in [0.25, 0.3) is 0 Å². The number of fused-ring (bicyclic) bond motifs is 1. The SMILES string of the molecule is Cc1csc(SCC(=O)C(C#N)=C2N(C)c3ccccc3N2C)n1. The highest BCUT2D eigenvalue weighted by atomic mass is 32.2. The molecule has 0 unspecified atom stereocenters. The van der Waals surface area contributed by atoms with E-state index in [1.807, 2.05) is 60.5 Å². The summed E-state index contributed by atoms with van der Waals surface area (Å²) >= 11 is 2.89. The molecule has 0 N–H and O–H groups in total. The molecule has 2 heterocycles. The molecule has 0 spiro atoms. The lowest BCUT2D eigenvalue weighted by atomic mass is 10.2. The minimum absolute atomic E-state index is 0.178. The number of para-hydroxylation sites is 2. The average Bonchev–Trinajstić information content (AvgIpc) is 3.11. The molecule has 0 radical (unpaired) electrons. The van der Waals surface area contributed by atoms with Crippen molar-refractivity contribution in [1.82, 2.24) is 4.98 Å². The molecule has 5 nitrogen and oxygen atoms in total. The van der Waals surface area contributed by atoms with Gasteiger partial charge in [0, 0.05) is 25.2 Å². The van der Waals surface area contributed by atoms with Gasteiger partial charge in [-0.3, -0.25) is 4.79 Å². The molecular weight excluding hydrogens is 340 g/mol. The maximum atomic E-state index is 12.6. The summed E-state index contributed by atoms with van der Waals surface area (Å²) in [6, 6.07) is 9.94. The number of benzene rings is 1. The number of thioether (sulfide) groups is 1. The third kappa shape index (κ3) is 2.90. The van der Waals surface area contributed by atoms with Crippen LogP contribution in [-0.4, -0.2) is 30.6 Å². The van der Waals surface area contributed by atoms with Crippen LogP contribution >= 0.6 is 23.1 Å². The van der Waals surface area contributed by atoms with Crippen molar-refractivity contribution in [3.8, 4) is 6.07 Å². The van der Waals surface area contributed by atoms with Crippen molar-refractivity contribution in [2.75, 3.05) is 29.6 Å². The molecule has 0 bridgehead atoms. The van der Waals surface area contributed by atoms with Gasteiger partial charge in [-0.15, -0.1) is 11.3 Å². The first-order valence-electron chi connectivity index (χ1n) is 7.32. The van der Waals surface area contributed by atoms with Gasteiger partial charge >= 0.3 is 0 Å². The molecule has 3 rings (SSSR count). The van der Waals surface area contributed by atoms with E-state index in [4.69, 9.17) is 0 Å². The van der Waals surface area contributed by atoms with Crippen LogP contribution in [0.2, 0.25) is 0 Å². The molecule has 0 saturated carbocycles. The second-order valence-electron chi connectivity index (χ2n) is 5.38. The topological polar surface area (TPSA) is 60.2 Å². The smallest absolute Gasteiger partial charge is 0.187 e. The lowest BCUT2D eigenvalue weighted by Crippen LogP contribution is -2.26. The van der Waals surface area contributed by atoms with Crippen molar-refractivity contribution in [2.45, 2.75) is 11.3 Å². The Morgan fingerprint density at radius 1 is 1.29 bits per heavy atom. The number of thiazole rings is 1. The van der Waals surface area contributed by atoms with Crippen LogP contribution < -0.4 is 9.80 Å². The van der Waals surface area contributed by atoms with Crippen LogP contribution in [0.25, 0.3) is 0 Å². The number of anilines is 2. The fourth-order valence-corrected chi connectivity index (χ4v) is 4.38. The van der Waals surface area contributed by atoms with E-state index in [2.05, 4.69) is 11.1 Å². The van der Waals surface area contributed by atoms with Gasteiger partial charge < -0.3 is 9.80 Å². The number of allylic oxidation sites excluding steroid dienone is 1. The number of Topliss-reactive ketones (excluding diaryl/α,β-unsaturated/α-hetero) is 1. The maximum absolute atomic E-state index is 12.6. The van der Waals surface area contributed by atoms with Crippen LogP contribution in [0.4, 0.5) is 11.4 Å². The van der Waals surface area contributed by atoms with Gasteiger partial charge in [0.2, 0.25) is 0 Å². The first-order valence-corrected chi connectivity index (χ1v) is 9.18. The van der Waals surface area contributed by atoms with Gasteiger partial charge in [0.05, 0.1) is 17.1 Å². The summed E-state index contributed by atoms with van der Waals surface area (Å²) in [5, 5.41) is 11.5. The second-order valence-corrected chi connectivity index (χ2v) is 7.46. The number of nitriles is 1. The van der Waals surface area contributed by atoms with Crippen LogP contribution in [0.1, 0.15) is 5.69 Å². The van der Waals surface area contributed by atoms with Gasteiger partial charge in [0.15, 0.2) is 10.1 Å². The zero-order chi connectivity index (χ0) is 17.3. The minimum atomic E-state index is -0.183. The van der Waals surface area contributed by atoms with Crippen molar-refractivity contribution in [1.29, 1.82) is 5.26 Å². The van der Waals surface area contributed by atoms with Crippen LogP contribution in [0.5, 0.6) is 0 Å². The van der Waals surface area contributed by atoms with E-state index in [0.29, 0.717) is 5.82 Å². The van der Waals surface area contributed by atoms with Gasteiger partial charge in [-0.25, -0.2) is 4.98 Å². The number of carbonyl (C=O) groups is 1. The first-order chi connectivity index (χ1) is 11.5. The number of aryl methyl sites for hydroxylation is 1. The highest BCUT2D eigenvalue weighted by Gasteiger charge is 2.31. The number of aromatic nitrogens is 1. The van der Waals surface area contributed by atoms with Gasteiger partial charge in [-0.2, -0.15) is 5.26 Å². The van der Waals surface area contributed by atoms with E-state index >= 15 is 0 Å². The summed E-state index contributed by atoms with van der Waals surface area (Å²) in [6.07, 6.45) is 0. The zero-order valence-corrected chi connectivity index (χ0v) is 15.2. The number of carbonyl (C=O) groups excluding carboxylic acids is 1. The Hall–Kier alpha value is -2.30. The van der Waals surface area contributed by atoms with E-state index in [-0.39, 0.29) is 17.1 Å². The summed E-state index contributed by atoms with van der Waals surface area (Å²) in [7, 11) is 3.75. The molecule has 0 atom stereocenters. The Morgan fingerprint density at radius 2 is 1.92 bits per heavy atom. The third-order valence-electron chi connectivity index (χ3n) is 3.78. The molecule has 122 valence electrons. The fraction of sp³-hybridized carbons (Fsp3) is 0.235. The van der Waals surface area contributed by atoms with Crippen molar-refractivity contribution in [3.63, 3.8) is 0 Å². The number of hydrogen-bond acceptors (Lipinski definition) is 7. The Bertz CT molecular complexity index is 834. The lowest BCUT2D eigenvalue weighted by Gasteiger charge is -2.19. The molecule has 1 aliphatic rings. The van der Waals surface area contributed by atoms with Crippen LogP contribution in [0, 0.1) is 18.3 Å². The van der Waals surface area contributed by atoms with E-state index in [1.165, 1.54) is 23.1 Å². The van der Waals surface area contributed by atoms with E-state index in [1.54, 1.807) is 0 Å². The average molecular weight is 356 g/mol. The summed E-state index contributed by atoms with van der Waals surface area (Å²) in [5.41, 5.74) is 3.09. The van der Waals surface area contributed by atoms with Gasteiger partial charge in [-0.05, 0) is 19.1 Å². The standard InChI is InChI=1S/C17H16N4OS2/c1-11-9-23-17(19-11)24-10-15(22)12(8-18)16-20(2)13-6-4-5-7-14(13)21(16)3/h4-7,9H,10H2,1-3H3. The van der Waals surface area contributed by atoms with E-state index in [9.17, 15) is 10.1 Å². The molecule has 1 aliphatic heterocycles. The molecule has 1 aromatic heterocycles. The normalized spacial score (nSPS) is 13.0. The highest BCUT2D eigenvalue weighted by Crippen LogP contribution is 2.40. The monoisotopic (exact) mass is 356 g/mol. The van der Waals surface area contributed by atoms with Crippen molar-refractivity contribution >= 4 is 40.3 Å². The predicted molar refractivity (Wildman–Crippen MR) is 98.5 cm³/mol. The summed E-state index contributed by atoms with van der Waals surface area (Å²) in [5.74, 6) is 0.647.